The Hall–Kier alpha value is -0.220. The maximum absolute atomic E-state index is 5.89. The molecule has 3 nitrogen and oxygen atoms in total. The molecule has 1 saturated heterocycles. The zero-order chi connectivity index (χ0) is 9.47. The van der Waals surface area contributed by atoms with Crippen LogP contribution in [0.15, 0.2) is 10.7 Å². The van der Waals surface area contributed by atoms with E-state index < -0.39 is 5.79 Å². The fourth-order valence-electron chi connectivity index (χ4n) is 1.27. The summed E-state index contributed by atoms with van der Waals surface area (Å²) in [4.78, 5) is 0. The number of hydrogen-bond donors (Lipinski definition) is 0. The zero-order valence-corrected chi connectivity index (χ0v) is 8.48. The average molecular weight is 223 g/mol. The molecule has 0 amide bonds. The van der Waals surface area contributed by atoms with Gasteiger partial charge >= 0.3 is 0 Å². The molecule has 1 aliphatic heterocycles. The van der Waals surface area contributed by atoms with Crippen LogP contribution in [-0.2, 0) is 15.3 Å². The van der Waals surface area contributed by atoms with E-state index in [4.69, 9.17) is 37.1 Å². The number of furan rings is 1. The van der Waals surface area contributed by atoms with Crippen LogP contribution in [0.1, 0.15) is 12.7 Å². The van der Waals surface area contributed by atoms with Crippen LogP contribution in [0.5, 0.6) is 0 Å². The van der Waals surface area contributed by atoms with Crippen LogP contribution in [0.2, 0.25) is 10.0 Å². The van der Waals surface area contributed by atoms with Crippen molar-refractivity contribution in [3.63, 3.8) is 0 Å². The fraction of sp³-hybridized carbons (Fsp3) is 0.500. The van der Waals surface area contributed by atoms with Gasteiger partial charge in [0, 0.05) is 0 Å². The molecule has 0 bridgehead atoms. The molecule has 2 rings (SSSR count). The van der Waals surface area contributed by atoms with E-state index in [-0.39, 0.29) is 0 Å². The van der Waals surface area contributed by atoms with Crippen LogP contribution >= 0.6 is 23.2 Å². The first kappa shape index (κ1) is 9.34. The van der Waals surface area contributed by atoms with Crippen LogP contribution in [0, 0.1) is 0 Å². The van der Waals surface area contributed by atoms with E-state index in [2.05, 4.69) is 0 Å². The lowest BCUT2D eigenvalue weighted by atomic mass is 10.2. The van der Waals surface area contributed by atoms with Crippen molar-refractivity contribution in [2.75, 3.05) is 13.2 Å². The monoisotopic (exact) mass is 222 g/mol. The Morgan fingerprint density at radius 3 is 2.38 bits per heavy atom. The molecule has 13 heavy (non-hydrogen) atoms. The molecule has 0 saturated carbocycles. The molecule has 5 heteroatoms. The van der Waals surface area contributed by atoms with Gasteiger partial charge in [0.15, 0.2) is 5.76 Å². The minimum Gasteiger partial charge on any atom is -0.460 e. The highest BCUT2D eigenvalue weighted by Gasteiger charge is 2.39. The minimum atomic E-state index is -0.885. The van der Waals surface area contributed by atoms with Gasteiger partial charge in [0.1, 0.15) is 11.3 Å². The van der Waals surface area contributed by atoms with Gasteiger partial charge in [0.05, 0.1) is 18.2 Å². The third-order valence-electron chi connectivity index (χ3n) is 1.94. The van der Waals surface area contributed by atoms with Gasteiger partial charge in [0.25, 0.3) is 0 Å². The summed E-state index contributed by atoms with van der Waals surface area (Å²) >= 11 is 11.6. The standard InChI is InChI=1S/C8H8Cl2O3/c1-8(12-2-3-13-8)7-6(10)5(9)4-11-7/h4H,2-3H2,1H3. The molecule has 0 aromatic carbocycles. The molecule has 1 fully saturated rings. The molecule has 2 heterocycles. The van der Waals surface area contributed by atoms with E-state index in [1.165, 1.54) is 6.26 Å². The summed E-state index contributed by atoms with van der Waals surface area (Å²) in [5, 5.41) is 0.725. The Morgan fingerprint density at radius 1 is 1.31 bits per heavy atom. The first-order valence-electron chi connectivity index (χ1n) is 3.84. The second-order valence-corrected chi connectivity index (χ2v) is 3.65. The van der Waals surface area contributed by atoms with Crippen molar-refractivity contribution in [2.45, 2.75) is 12.7 Å². The molecule has 0 aliphatic carbocycles. The highest BCUT2D eigenvalue weighted by molar-refractivity contribution is 6.42. The van der Waals surface area contributed by atoms with Gasteiger partial charge < -0.3 is 13.9 Å². The van der Waals surface area contributed by atoms with Crippen LogP contribution in [0.25, 0.3) is 0 Å². The third-order valence-corrected chi connectivity index (χ3v) is 2.69. The molecular weight excluding hydrogens is 215 g/mol. The van der Waals surface area contributed by atoms with Crippen molar-refractivity contribution in [3.05, 3.63) is 22.1 Å². The predicted molar refractivity (Wildman–Crippen MR) is 48.0 cm³/mol. The second-order valence-electron chi connectivity index (χ2n) is 2.87. The number of rotatable bonds is 1. The number of halogens is 2. The maximum Gasteiger partial charge on any atom is 0.227 e. The summed E-state index contributed by atoms with van der Waals surface area (Å²) < 4.78 is 15.9. The number of ether oxygens (including phenoxy) is 2. The van der Waals surface area contributed by atoms with Crippen molar-refractivity contribution < 1.29 is 13.9 Å². The Kier molecular flexibility index (Phi) is 2.28. The molecule has 1 aromatic heterocycles. The lowest BCUT2D eigenvalue weighted by Gasteiger charge is -2.19. The largest absolute Gasteiger partial charge is 0.460 e. The van der Waals surface area contributed by atoms with Crippen molar-refractivity contribution in [1.29, 1.82) is 0 Å². The summed E-state index contributed by atoms with van der Waals surface area (Å²) in [7, 11) is 0. The normalized spacial score (nSPS) is 20.8. The van der Waals surface area contributed by atoms with E-state index in [9.17, 15) is 0 Å². The van der Waals surface area contributed by atoms with E-state index in [1.54, 1.807) is 6.92 Å². The van der Waals surface area contributed by atoms with Gasteiger partial charge in [-0.25, -0.2) is 0 Å². The van der Waals surface area contributed by atoms with Crippen LogP contribution < -0.4 is 0 Å². The van der Waals surface area contributed by atoms with E-state index in [1.807, 2.05) is 0 Å². The Morgan fingerprint density at radius 2 is 1.92 bits per heavy atom. The van der Waals surface area contributed by atoms with Crippen molar-refractivity contribution in [2.24, 2.45) is 0 Å². The first-order valence-corrected chi connectivity index (χ1v) is 4.60. The third kappa shape index (κ3) is 1.46. The van der Waals surface area contributed by atoms with Gasteiger partial charge in [-0.15, -0.1) is 0 Å². The van der Waals surface area contributed by atoms with Crippen molar-refractivity contribution in [3.8, 4) is 0 Å². The molecular formula is C8H8Cl2O3. The lowest BCUT2D eigenvalue weighted by Crippen LogP contribution is -2.21. The Bertz CT molecular complexity index is 315. The molecule has 1 aliphatic rings. The fourth-order valence-corrected chi connectivity index (χ4v) is 1.67. The summed E-state index contributed by atoms with van der Waals surface area (Å²) in [5.74, 6) is -0.457. The van der Waals surface area contributed by atoms with Gasteiger partial charge in [-0.05, 0) is 6.92 Å². The zero-order valence-electron chi connectivity index (χ0n) is 6.97. The van der Waals surface area contributed by atoms with Gasteiger partial charge in [-0.2, -0.15) is 0 Å². The van der Waals surface area contributed by atoms with Gasteiger partial charge in [-0.3, -0.25) is 0 Å². The van der Waals surface area contributed by atoms with Gasteiger partial charge in [-0.1, -0.05) is 23.2 Å². The molecule has 72 valence electrons. The van der Waals surface area contributed by atoms with Crippen LogP contribution in [0.4, 0.5) is 0 Å². The Labute approximate surface area is 85.5 Å². The minimum absolute atomic E-state index is 0.353. The summed E-state index contributed by atoms with van der Waals surface area (Å²) in [6.45, 7) is 2.82. The summed E-state index contributed by atoms with van der Waals surface area (Å²) in [6.07, 6.45) is 1.37. The molecule has 0 atom stereocenters. The van der Waals surface area contributed by atoms with E-state index >= 15 is 0 Å². The summed E-state index contributed by atoms with van der Waals surface area (Å²) in [6, 6.07) is 0. The molecule has 0 N–H and O–H groups in total. The number of hydrogen-bond acceptors (Lipinski definition) is 3. The molecule has 0 unspecified atom stereocenters. The van der Waals surface area contributed by atoms with E-state index in [0.717, 1.165) is 0 Å². The average Bonchev–Trinajstić information content (AvgIpc) is 2.63. The van der Waals surface area contributed by atoms with Crippen LogP contribution in [0.3, 0.4) is 0 Å². The Balaban J connectivity index is 2.39. The predicted octanol–water partition coefficient (Wildman–Crippen LogP) is 2.81. The van der Waals surface area contributed by atoms with Crippen LogP contribution in [-0.4, -0.2) is 13.2 Å². The highest BCUT2D eigenvalue weighted by Crippen LogP contribution is 2.39. The lowest BCUT2D eigenvalue weighted by molar-refractivity contribution is -0.162. The molecule has 0 spiro atoms. The first-order chi connectivity index (χ1) is 6.13. The quantitative estimate of drug-likeness (QED) is 0.733. The highest BCUT2D eigenvalue weighted by atomic mass is 35.5. The smallest absolute Gasteiger partial charge is 0.227 e. The molecule has 1 aromatic rings. The van der Waals surface area contributed by atoms with Crippen molar-refractivity contribution >= 4 is 23.2 Å². The SMILES string of the molecule is CC1(c2occ(Cl)c2Cl)OCCO1. The molecule has 0 radical (unpaired) electrons. The van der Waals surface area contributed by atoms with Crippen molar-refractivity contribution in [1.82, 2.24) is 0 Å². The van der Waals surface area contributed by atoms with E-state index in [0.29, 0.717) is 29.0 Å². The second kappa shape index (κ2) is 3.17. The van der Waals surface area contributed by atoms with Gasteiger partial charge in [0.2, 0.25) is 5.79 Å². The maximum atomic E-state index is 5.89. The topological polar surface area (TPSA) is 31.6 Å². The summed E-state index contributed by atoms with van der Waals surface area (Å²) in [5.41, 5.74) is 0.